The van der Waals surface area contributed by atoms with Crippen molar-refractivity contribution in [1.82, 2.24) is 0 Å². The second-order valence-electron chi connectivity index (χ2n) is 18.3. The molecule has 6 N–H and O–H groups in total. The van der Waals surface area contributed by atoms with Crippen LogP contribution < -0.4 is 0 Å². The first kappa shape index (κ1) is 37.2. The summed E-state index contributed by atoms with van der Waals surface area (Å²) < 4.78 is 37.1. The lowest BCUT2D eigenvalue weighted by Crippen LogP contribution is -2.64. The summed E-state index contributed by atoms with van der Waals surface area (Å²) in [4.78, 5) is 0. The highest BCUT2D eigenvalue weighted by atomic mass is 16.7. The molecule has 51 heavy (non-hydrogen) atoms. The van der Waals surface area contributed by atoms with E-state index in [4.69, 9.17) is 28.4 Å². The first-order valence-corrected chi connectivity index (χ1v) is 19.8. The molecule has 0 aromatic carbocycles. The number of ether oxygens (including phenoxy) is 6. The highest BCUT2D eigenvalue weighted by Crippen LogP contribution is 2.70. The predicted octanol–water partition coefficient (Wildman–Crippen LogP) is 2.39. The van der Waals surface area contributed by atoms with Crippen LogP contribution in [0.15, 0.2) is 11.6 Å². The van der Waals surface area contributed by atoms with Crippen LogP contribution in [0.1, 0.15) is 92.4 Å². The molecule has 0 bridgehead atoms. The van der Waals surface area contributed by atoms with Crippen molar-refractivity contribution in [3.05, 3.63) is 11.6 Å². The predicted molar refractivity (Wildman–Crippen MR) is 182 cm³/mol. The topological polar surface area (TPSA) is 177 Å². The lowest BCUT2D eigenvalue weighted by Gasteiger charge is -2.58. The van der Waals surface area contributed by atoms with Crippen molar-refractivity contribution in [2.24, 2.45) is 46.3 Å². The summed E-state index contributed by atoms with van der Waals surface area (Å²) in [5.74, 6) is 2.99. The normalized spacial score (nSPS) is 58.4. The van der Waals surface area contributed by atoms with Gasteiger partial charge < -0.3 is 59.1 Å². The van der Waals surface area contributed by atoms with Crippen molar-refractivity contribution < 1.29 is 59.1 Å². The summed E-state index contributed by atoms with van der Waals surface area (Å²) in [5, 5.41) is 63.1. The average molecular weight is 723 g/mol. The Bertz CT molecular complexity index is 1300. The van der Waals surface area contributed by atoms with E-state index in [0.717, 1.165) is 45.1 Å². The van der Waals surface area contributed by atoms with E-state index in [1.165, 1.54) is 31.8 Å². The van der Waals surface area contributed by atoms with E-state index in [-0.39, 0.29) is 23.0 Å². The van der Waals surface area contributed by atoms with Gasteiger partial charge in [0.05, 0.1) is 31.5 Å². The molecule has 1 spiro atoms. The zero-order valence-electron chi connectivity index (χ0n) is 30.9. The SMILES string of the molecule is C[C@@H]1CC[C@@]2(OC1)O[C@H]1C[C@H]3[C@@H]4CC=C5C[C@@H](O[C@H]6O[C@H](CO)[C@@H](O[C@@H]7O[C@@H](C)[C@H](O)[C@@H](O)[C@H]7O)[C@H](O)[C@H]6O)CC[C@]5(C)[C@H]4CC[C@]3(C)[C@H]1[C@@H]2C. The molecule has 8 rings (SSSR count). The van der Waals surface area contributed by atoms with Crippen LogP contribution in [-0.4, -0.2) is 123 Å². The van der Waals surface area contributed by atoms with Crippen molar-refractivity contribution in [3.63, 3.8) is 0 Å². The molecule has 0 radical (unpaired) electrons. The summed E-state index contributed by atoms with van der Waals surface area (Å²) >= 11 is 0. The third-order valence-corrected chi connectivity index (χ3v) is 15.6. The third-order valence-electron chi connectivity index (χ3n) is 15.6. The Kier molecular flexibility index (Phi) is 9.83. The highest BCUT2D eigenvalue weighted by molar-refractivity contribution is 5.26. The number of rotatable bonds is 5. The lowest BCUT2D eigenvalue weighted by molar-refractivity contribution is -0.360. The summed E-state index contributed by atoms with van der Waals surface area (Å²) in [6.45, 7) is 11.5. The molecule has 0 amide bonds. The van der Waals surface area contributed by atoms with E-state index in [0.29, 0.717) is 35.5 Å². The number of hydrogen-bond acceptors (Lipinski definition) is 12. The van der Waals surface area contributed by atoms with Gasteiger partial charge in [-0.05, 0) is 98.7 Å². The second kappa shape index (κ2) is 13.5. The minimum absolute atomic E-state index is 0.0757. The zero-order chi connectivity index (χ0) is 36.2. The average Bonchev–Trinajstić information content (AvgIpc) is 3.56. The van der Waals surface area contributed by atoms with Gasteiger partial charge in [-0.1, -0.05) is 39.3 Å². The van der Waals surface area contributed by atoms with E-state index < -0.39 is 73.8 Å². The molecule has 4 heterocycles. The van der Waals surface area contributed by atoms with Crippen LogP contribution in [0.4, 0.5) is 0 Å². The minimum Gasteiger partial charge on any atom is -0.394 e. The number of hydrogen-bond donors (Lipinski definition) is 6. The fourth-order valence-electron chi connectivity index (χ4n) is 12.6. The molecule has 0 aromatic heterocycles. The van der Waals surface area contributed by atoms with Gasteiger partial charge in [0.25, 0.3) is 0 Å². The molecule has 4 saturated heterocycles. The van der Waals surface area contributed by atoms with E-state index in [9.17, 15) is 30.6 Å². The maximum atomic E-state index is 11.1. The molecule has 0 aromatic rings. The molecule has 12 heteroatoms. The van der Waals surface area contributed by atoms with Gasteiger partial charge in [0, 0.05) is 12.3 Å². The van der Waals surface area contributed by atoms with Crippen LogP contribution in [-0.2, 0) is 28.4 Å². The minimum atomic E-state index is -1.61. The van der Waals surface area contributed by atoms with E-state index in [1.54, 1.807) is 0 Å². The van der Waals surface area contributed by atoms with Gasteiger partial charge in [-0.15, -0.1) is 0 Å². The van der Waals surface area contributed by atoms with Crippen molar-refractivity contribution in [2.45, 2.75) is 172 Å². The number of aliphatic hydroxyl groups excluding tert-OH is 6. The van der Waals surface area contributed by atoms with Gasteiger partial charge in [0.2, 0.25) is 0 Å². The number of aliphatic hydroxyl groups is 6. The maximum absolute atomic E-state index is 11.1. The Morgan fingerprint density at radius 1 is 0.824 bits per heavy atom. The fraction of sp³-hybridized carbons (Fsp3) is 0.949. The summed E-state index contributed by atoms with van der Waals surface area (Å²) in [7, 11) is 0. The molecule has 4 aliphatic heterocycles. The van der Waals surface area contributed by atoms with Crippen LogP contribution in [0.25, 0.3) is 0 Å². The van der Waals surface area contributed by atoms with E-state index in [2.05, 4.69) is 33.8 Å². The Morgan fingerprint density at radius 3 is 2.29 bits per heavy atom. The van der Waals surface area contributed by atoms with E-state index >= 15 is 0 Å². The van der Waals surface area contributed by atoms with Gasteiger partial charge in [0.15, 0.2) is 18.4 Å². The third kappa shape index (κ3) is 5.84. The molecule has 3 saturated carbocycles. The molecule has 4 aliphatic carbocycles. The fourth-order valence-corrected chi connectivity index (χ4v) is 12.6. The molecule has 290 valence electrons. The Labute approximate surface area is 301 Å². The molecule has 21 atom stereocenters. The Balaban J connectivity index is 0.915. The maximum Gasteiger partial charge on any atom is 0.187 e. The first-order chi connectivity index (χ1) is 24.2. The van der Waals surface area contributed by atoms with Crippen LogP contribution in [0.3, 0.4) is 0 Å². The largest absolute Gasteiger partial charge is 0.394 e. The highest BCUT2D eigenvalue weighted by Gasteiger charge is 2.68. The van der Waals surface area contributed by atoms with E-state index in [1.807, 2.05) is 0 Å². The van der Waals surface area contributed by atoms with Gasteiger partial charge in [0.1, 0.15) is 42.7 Å². The molecule has 12 nitrogen and oxygen atoms in total. The van der Waals surface area contributed by atoms with Crippen molar-refractivity contribution in [2.75, 3.05) is 13.2 Å². The number of allylic oxidation sites excluding steroid dienone is 1. The van der Waals surface area contributed by atoms with Gasteiger partial charge >= 0.3 is 0 Å². The lowest BCUT2D eigenvalue weighted by atomic mass is 9.47. The van der Waals surface area contributed by atoms with Crippen molar-refractivity contribution >= 4 is 0 Å². The molecule has 0 unspecified atom stereocenters. The molecular formula is C39H62O12. The van der Waals surface area contributed by atoms with Crippen LogP contribution >= 0.6 is 0 Å². The zero-order valence-corrected chi connectivity index (χ0v) is 30.9. The van der Waals surface area contributed by atoms with Crippen molar-refractivity contribution in [1.29, 1.82) is 0 Å². The van der Waals surface area contributed by atoms with Crippen molar-refractivity contribution in [3.8, 4) is 0 Å². The molecule has 7 fully saturated rings. The molecule has 8 aliphatic rings. The van der Waals surface area contributed by atoms with Crippen LogP contribution in [0, 0.1) is 46.3 Å². The summed E-state index contributed by atoms with van der Waals surface area (Å²) in [6.07, 6.45) is -1.53. The Morgan fingerprint density at radius 2 is 1.57 bits per heavy atom. The summed E-state index contributed by atoms with van der Waals surface area (Å²) in [5.41, 5.74) is 1.75. The molecular weight excluding hydrogens is 660 g/mol. The van der Waals surface area contributed by atoms with Gasteiger partial charge in [-0.3, -0.25) is 0 Å². The standard InChI is InChI=1S/C39H62O12/c1-18-8-13-39(46-17-18)19(2)28-26(51-39)15-25-23-7-6-21-14-22(9-11-37(21,4)24(23)10-12-38(25,28)5)48-36-33(45)31(43)34(27(16-40)49-36)50-35-32(44)30(42)29(41)20(3)47-35/h6,18-20,22-36,40-45H,7-17H2,1-5H3/t18-,19+,20+,22+,23-,24+,25+,26+,27-,28+,29+,30-,31-,32-,33-,34-,35+,36+,37+,38+,39-/m1/s1. The van der Waals surface area contributed by atoms with Crippen LogP contribution in [0.2, 0.25) is 0 Å². The Hall–Kier alpha value is -0.740. The quantitative estimate of drug-likeness (QED) is 0.229. The van der Waals surface area contributed by atoms with Crippen LogP contribution in [0.5, 0.6) is 0 Å². The monoisotopic (exact) mass is 722 g/mol. The smallest absolute Gasteiger partial charge is 0.187 e. The first-order valence-electron chi connectivity index (χ1n) is 19.8. The van der Waals surface area contributed by atoms with Gasteiger partial charge in [-0.2, -0.15) is 0 Å². The number of fused-ring (bicyclic) bond motifs is 7. The van der Waals surface area contributed by atoms with Gasteiger partial charge in [-0.25, -0.2) is 0 Å². The second-order valence-corrected chi connectivity index (χ2v) is 18.3. The summed E-state index contributed by atoms with van der Waals surface area (Å²) in [6, 6.07) is 0.